The summed E-state index contributed by atoms with van der Waals surface area (Å²) in [7, 11) is 0. The summed E-state index contributed by atoms with van der Waals surface area (Å²) in [6, 6.07) is 16.4. The molecule has 0 saturated carbocycles. The maximum Gasteiger partial charge on any atom is 0.217 e. The number of carbonyl (C=O) groups is 1. The Morgan fingerprint density at radius 2 is 1.85 bits per heavy atom. The monoisotopic (exact) mass is 526 g/mol. The van der Waals surface area contributed by atoms with Gasteiger partial charge in [-0.1, -0.05) is 18.2 Å². The van der Waals surface area contributed by atoms with Crippen molar-refractivity contribution in [3.05, 3.63) is 66.6 Å². The van der Waals surface area contributed by atoms with Gasteiger partial charge < -0.3 is 26.8 Å². The molecule has 0 radical (unpaired) electrons. The molecular formula is C28H30N8O3. The van der Waals surface area contributed by atoms with E-state index in [2.05, 4.69) is 9.97 Å². The van der Waals surface area contributed by atoms with Crippen LogP contribution in [-0.2, 0) is 9.59 Å². The summed E-state index contributed by atoms with van der Waals surface area (Å²) < 4.78 is 7.79. The molecule has 1 aliphatic rings. The zero-order chi connectivity index (χ0) is 27.4. The molecule has 1 aliphatic heterocycles. The summed E-state index contributed by atoms with van der Waals surface area (Å²) in [5.74, 6) is 3.31. The quantitative estimate of drug-likeness (QED) is 0.278. The number of hydrogen-bond acceptors (Lipinski definition) is 9. The number of ether oxygens (including phenoxy) is 1. The molecule has 1 amide bonds. The van der Waals surface area contributed by atoms with Gasteiger partial charge in [-0.15, -0.1) is 0 Å². The zero-order valence-electron chi connectivity index (χ0n) is 21.4. The van der Waals surface area contributed by atoms with E-state index in [4.69, 9.17) is 27.0 Å². The van der Waals surface area contributed by atoms with Crippen molar-refractivity contribution in [2.75, 3.05) is 18.8 Å². The summed E-state index contributed by atoms with van der Waals surface area (Å²) in [6.45, 7) is 1.14. The van der Waals surface area contributed by atoms with Gasteiger partial charge in [0.05, 0.1) is 17.5 Å². The molecule has 0 bridgehead atoms. The summed E-state index contributed by atoms with van der Waals surface area (Å²) >= 11 is 0. The Hall–Kier alpha value is -4.73. The Morgan fingerprint density at radius 1 is 1.10 bits per heavy atom. The highest BCUT2D eigenvalue weighted by Crippen LogP contribution is 2.35. The number of aromatic nitrogens is 4. The van der Waals surface area contributed by atoms with Gasteiger partial charge in [0.2, 0.25) is 5.91 Å². The molecule has 11 heteroatoms. The van der Waals surface area contributed by atoms with Gasteiger partial charge in [-0.05, 0) is 55.7 Å². The van der Waals surface area contributed by atoms with Crippen LogP contribution in [0.2, 0.25) is 0 Å². The van der Waals surface area contributed by atoms with Crippen LogP contribution in [0.25, 0.3) is 22.3 Å². The van der Waals surface area contributed by atoms with Crippen molar-refractivity contribution < 1.29 is 14.3 Å². The first-order valence-corrected chi connectivity index (χ1v) is 12.8. The summed E-state index contributed by atoms with van der Waals surface area (Å²) in [6.07, 6.45) is 3.43. The predicted molar refractivity (Wildman–Crippen MR) is 147 cm³/mol. The SMILES string of the molecule is NC(=O)CC[C@H](N)C(=C=O)N1CCC[C@@H](n2nc(-c3ccc(Oc4ccccc4)cc3)c3c(N)ncnc32)C1. The average Bonchev–Trinajstić information content (AvgIpc) is 3.35. The van der Waals surface area contributed by atoms with E-state index in [-0.39, 0.29) is 18.9 Å². The van der Waals surface area contributed by atoms with E-state index >= 15 is 0 Å². The minimum atomic E-state index is -0.631. The van der Waals surface area contributed by atoms with Gasteiger partial charge in [0.1, 0.15) is 41.0 Å². The van der Waals surface area contributed by atoms with Gasteiger partial charge in [0.25, 0.3) is 0 Å². The lowest BCUT2D eigenvalue weighted by atomic mass is 10.0. The van der Waals surface area contributed by atoms with E-state index in [0.717, 1.165) is 24.2 Å². The second-order valence-electron chi connectivity index (χ2n) is 9.53. The van der Waals surface area contributed by atoms with Crippen molar-refractivity contribution in [1.29, 1.82) is 0 Å². The number of benzene rings is 2. The number of carbonyl (C=O) groups excluding carboxylic acids is 2. The van der Waals surface area contributed by atoms with Crippen LogP contribution in [0, 0.1) is 0 Å². The minimum absolute atomic E-state index is 0.0993. The fourth-order valence-electron chi connectivity index (χ4n) is 4.94. The average molecular weight is 527 g/mol. The normalized spacial score (nSPS) is 16.0. The van der Waals surface area contributed by atoms with Crippen molar-refractivity contribution >= 4 is 28.7 Å². The largest absolute Gasteiger partial charge is 0.457 e. The molecule has 11 nitrogen and oxygen atoms in total. The Balaban J connectivity index is 1.43. The fraction of sp³-hybridized carbons (Fsp3) is 0.286. The number of piperidine rings is 1. The standard InChI is InChI=1S/C28H30N8O3/c29-22(12-13-24(30)38)23(16-37)35-14-4-5-19(15-35)36-28-25(27(31)32-17-33-28)26(34-36)18-8-10-21(11-9-18)39-20-6-2-1-3-7-20/h1-3,6-11,17,19,22H,4-5,12-15,29H2,(H2,30,38)(H2,31,32,33)/t19-,22+/m1/s1. The van der Waals surface area contributed by atoms with E-state index in [1.807, 2.05) is 70.1 Å². The smallest absolute Gasteiger partial charge is 0.217 e. The first-order valence-electron chi connectivity index (χ1n) is 12.8. The third-order valence-corrected chi connectivity index (χ3v) is 6.87. The highest BCUT2D eigenvalue weighted by Gasteiger charge is 2.29. The van der Waals surface area contributed by atoms with E-state index < -0.39 is 11.9 Å². The molecule has 1 fully saturated rings. The number of nitrogens with two attached hydrogens (primary N) is 3. The number of nitrogen functional groups attached to an aromatic ring is 1. The van der Waals surface area contributed by atoms with E-state index in [9.17, 15) is 9.59 Å². The van der Waals surface area contributed by atoms with Crippen molar-refractivity contribution in [3.63, 3.8) is 0 Å². The molecule has 2 aromatic carbocycles. The van der Waals surface area contributed by atoms with E-state index in [1.54, 1.807) is 0 Å². The topological polar surface area (TPSA) is 168 Å². The lowest BCUT2D eigenvalue weighted by Crippen LogP contribution is -2.42. The fourth-order valence-corrected chi connectivity index (χ4v) is 4.94. The third-order valence-electron chi connectivity index (χ3n) is 6.87. The van der Waals surface area contributed by atoms with Crippen LogP contribution in [-0.4, -0.2) is 55.6 Å². The Morgan fingerprint density at radius 3 is 2.56 bits per heavy atom. The van der Waals surface area contributed by atoms with Crippen molar-refractivity contribution in [1.82, 2.24) is 24.6 Å². The Kier molecular flexibility index (Phi) is 7.53. The molecule has 1 saturated heterocycles. The van der Waals surface area contributed by atoms with Gasteiger partial charge in [-0.2, -0.15) is 5.10 Å². The van der Waals surface area contributed by atoms with E-state index in [1.165, 1.54) is 6.33 Å². The molecule has 3 heterocycles. The summed E-state index contributed by atoms with van der Waals surface area (Å²) in [4.78, 5) is 33.7. The number of rotatable bonds is 9. The van der Waals surface area contributed by atoms with Crippen LogP contribution in [0.15, 0.2) is 66.6 Å². The number of amides is 1. The molecular weight excluding hydrogens is 496 g/mol. The first kappa shape index (κ1) is 25.9. The van der Waals surface area contributed by atoms with Crippen LogP contribution >= 0.6 is 0 Å². The number of primary amides is 1. The van der Waals surface area contributed by atoms with Crippen LogP contribution in [0.4, 0.5) is 5.82 Å². The third kappa shape index (κ3) is 5.59. The van der Waals surface area contributed by atoms with Gasteiger partial charge in [-0.3, -0.25) is 4.79 Å². The highest BCUT2D eigenvalue weighted by molar-refractivity contribution is 5.98. The number of nitrogens with zero attached hydrogens (tertiary/aromatic N) is 5. The molecule has 0 unspecified atom stereocenters. The van der Waals surface area contributed by atoms with Gasteiger partial charge in [-0.25, -0.2) is 19.4 Å². The van der Waals surface area contributed by atoms with Gasteiger partial charge >= 0.3 is 0 Å². The molecule has 2 aromatic heterocycles. The lowest BCUT2D eigenvalue weighted by Gasteiger charge is -2.36. The molecule has 0 aliphatic carbocycles. The van der Waals surface area contributed by atoms with Gasteiger partial charge in [0, 0.05) is 25.1 Å². The van der Waals surface area contributed by atoms with E-state index in [0.29, 0.717) is 47.1 Å². The second kappa shape index (κ2) is 11.3. The van der Waals surface area contributed by atoms with Crippen LogP contribution in [0.3, 0.4) is 0 Å². The molecule has 39 heavy (non-hydrogen) atoms. The van der Waals surface area contributed by atoms with Crippen molar-refractivity contribution in [2.24, 2.45) is 11.5 Å². The minimum Gasteiger partial charge on any atom is -0.457 e. The number of para-hydroxylation sites is 1. The summed E-state index contributed by atoms with van der Waals surface area (Å²) in [5, 5.41) is 5.61. The Bertz CT molecular complexity index is 1510. The van der Waals surface area contributed by atoms with Crippen molar-refractivity contribution in [3.8, 4) is 22.8 Å². The molecule has 4 aromatic rings. The van der Waals surface area contributed by atoms with Crippen LogP contribution in [0.1, 0.15) is 31.7 Å². The molecule has 0 spiro atoms. The number of anilines is 1. The molecule has 6 N–H and O–H groups in total. The van der Waals surface area contributed by atoms with Crippen LogP contribution < -0.4 is 21.9 Å². The van der Waals surface area contributed by atoms with Gasteiger partial charge in [0.15, 0.2) is 5.65 Å². The number of likely N-dealkylation sites (tertiary alicyclic amines) is 1. The first-order chi connectivity index (χ1) is 18.9. The lowest BCUT2D eigenvalue weighted by molar-refractivity contribution is -0.118. The van der Waals surface area contributed by atoms with Crippen LogP contribution in [0.5, 0.6) is 11.5 Å². The maximum atomic E-state index is 11.9. The predicted octanol–water partition coefficient (Wildman–Crippen LogP) is 2.81. The molecule has 200 valence electrons. The molecule has 2 atom stereocenters. The summed E-state index contributed by atoms with van der Waals surface area (Å²) in [5.41, 5.74) is 20.3. The Labute approximate surface area is 225 Å². The maximum absolute atomic E-state index is 11.9. The number of fused-ring (bicyclic) bond motifs is 1. The number of hydrogen-bond donors (Lipinski definition) is 3. The van der Waals surface area contributed by atoms with Crippen molar-refractivity contribution in [2.45, 2.75) is 37.8 Å². The molecule has 5 rings (SSSR count). The highest BCUT2D eigenvalue weighted by atomic mass is 16.5. The second-order valence-corrected chi connectivity index (χ2v) is 9.53. The zero-order valence-corrected chi connectivity index (χ0v) is 21.4.